The third-order valence-corrected chi connectivity index (χ3v) is 4.48. The first-order valence-electron chi connectivity index (χ1n) is 8.65. The summed E-state index contributed by atoms with van der Waals surface area (Å²) in [6.45, 7) is 1.54. The number of carbonyl (C=O) groups excluding carboxylic acids is 2. The molecule has 2 aromatic carbocycles. The van der Waals surface area contributed by atoms with Gasteiger partial charge in [0.1, 0.15) is 0 Å². The lowest BCUT2D eigenvalue weighted by molar-refractivity contribution is -0.132. The fraction of sp³-hybridized carbons (Fsp3) is 0.300. The van der Waals surface area contributed by atoms with Gasteiger partial charge in [0.25, 0.3) is 0 Å². The summed E-state index contributed by atoms with van der Waals surface area (Å²) in [6.07, 6.45) is 1.41. The van der Waals surface area contributed by atoms with E-state index in [1.165, 1.54) is 0 Å². The fourth-order valence-electron chi connectivity index (χ4n) is 3.00. The summed E-state index contributed by atoms with van der Waals surface area (Å²) < 4.78 is 0. The van der Waals surface area contributed by atoms with E-state index in [9.17, 15) is 9.59 Å². The Kier molecular flexibility index (Phi) is 5.67. The third-order valence-electron chi connectivity index (χ3n) is 4.48. The lowest BCUT2D eigenvalue weighted by atomic mass is 9.95. The van der Waals surface area contributed by atoms with Gasteiger partial charge in [-0.25, -0.2) is 0 Å². The molecule has 3 rings (SSSR count). The van der Waals surface area contributed by atoms with Crippen molar-refractivity contribution in [3.8, 4) is 0 Å². The first-order chi connectivity index (χ1) is 12.2. The summed E-state index contributed by atoms with van der Waals surface area (Å²) >= 11 is 0. The van der Waals surface area contributed by atoms with E-state index >= 15 is 0 Å². The summed E-state index contributed by atoms with van der Waals surface area (Å²) in [4.78, 5) is 26.5. The number of hydrogen-bond acceptors (Lipinski definition) is 3. The number of piperidine rings is 1. The largest absolute Gasteiger partial charge is 0.376 e. The normalized spacial score (nSPS) is 14.8. The van der Waals surface area contributed by atoms with E-state index in [1.807, 2.05) is 65.6 Å². The zero-order chi connectivity index (χ0) is 17.5. The average Bonchev–Trinajstić information content (AvgIpc) is 2.68. The quantitative estimate of drug-likeness (QED) is 0.882. The van der Waals surface area contributed by atoms with Crippen molar-refractivity contribution in [3.63, 3.8) is 0 Å². The smallest absolute Gasteiger partial charge is 0.241 e. The van der Waals surface area contributed by atoms with Crippen molar-refractivity contribution >= 4 is 23.2 Å². The Morgan fingerprint density at radius 2 is 1.44 bits per heavy atom. The first kappa shape index (κ1) is 17.0. The molecule has 0 aromatic heterocycles. The van der Waals surface area contributed by atoms with Gasteiger partial charge in [-0.2, -0.15) is 0 Å². The second kappa shape index (κ2) is 8.33. The molecule has 0 saturated carbocycles. The Morgan fingerprint density at radius 1 is 0.880 bits per heavy atom. The van der Waals surface area contributed by atoms with E-state index in [2.05, 4.69) is 10.6 Å². The number of nitrogens with one attached hydrogen (secondary N) is 2. The van der Waals surface area contributed by atoms with Crippen LogP contribution < -0.4 is 10.6 Å². The molecular formula is C20H23N3O2. The standard InChI is InChI=1S/C20H23N3O2/c24-19(15-21-17-7-3-1-4-8-17)23-13-11-16(12-14-23)20(25)22-18-9-5-2-6-10-18/h1-10,16,21H,11-15H2,(H,22,25). The van der Waals surface area contributed by atoms with Gasteiger partial charge in [0, 0.05) is 30.4 Å². The van der Waals surface area contributed by atoms with Crippen molar-refractivity contribution in [1.82, 2.24) is 4.90 Å². The first-order valence-corrected chi connectivity index (χ1v) is 8.65. The van der Waals surface area contributed by atoms with Crippen LogP contribution in [0.3, 0.4) is 0 Å². The minimum Gasteiger partial charge on any atom is -0.376 e. The summed E-state index contributed by atoms with van der Waals surface area (Å²) in [7, 11) is 0. The summed E-state index contributed by atoms with van der Waals surface area (Å²) in [6, 6.07) is 19.2. The van der Waals surface area contributed by atoms with Crippen LogP contribution in [0.2, 0.25) is 0 Å². The van der Waals surface area contributed by atoms with E-state index < -0.39 is 0 Å². The number of anilines is 2. The second-order valence-corrected chi connectivity index (χ2v) is 6.23. The van der Waals surface area contributed by atoms with Crippen LogP contribution in [-0.2, 0) is 9.59 Å². The number of benzene rings is 2. The van der Waals surface area contributed by atoms with Crippen LogP contribution in [-0.4, -0.2) is 36.3 Å². The SMILES string of the molecule is O=C(Nc1ccccc1)C1CCN(C(=O)CNc2ccccc2)CC1. The number of para-hydroxylation sites is 2. The van der Waals surface area contributed by atoms with Crippen LogP contribution in [0.5, 0.6) is 0 Å². The van der Waals surface area contributed by atoms with Gasteiger partial charge in [-0.3, -0.25) is 9.59 Å². The Hall–Kier alpha value is -2.82. The van der Waals surface area contributed by atoms with Gasteiger partial charge in [-0.1, -0.05) is 36.4 Å². The van der Waals surface area contributed by atoms with Crippen LogP contribution in [0.4, 0.5) is 11.4 Å². The van der Waals surface area contributed by atoms with Crippen molar-refractivity contribution in [2.45, 2.75) is 12.8 Å². The average molecular weight is 337 g/mol. The Balaban J connectivity index is 1.43. The minimum atomic E-state index is -0.0358. The predicted molar refractivity (Wildman–Crippen MR) is 99.3 cm³/mol. The van der Waals surface area contributed by atoms with Crippen molar-refractivity contribution in [2.75, 3.05) is 30.3 Å². The molecule has 1 fully saturated rings. The number of rotatable bonds is 5. The molecule has 0 spiro atoms. The van der Waals surface area contributed by atoms with Crippen LogP contribution in [0.1, 0.15) is 12.8 Å². The van der Waals surface area contributed by atoms with Gasteiger partial charge in [-0.15, -0.1) is 0 Å². The number of hydrogen-bond donors (Lipinski definition) is 2. The maximum Gasteiger partial charge on any atom is 0.241 e. The van der Waals surface area contributed by atoms with Gasteiger partial charge in [-0.05, 0) is 37.1 Å². The molecule has 25 heavy (non-hydrogen) atoms. The van der Waals surface area contributed by atoms with Gasteiger partial charge in [0.05, 0.1) is 6.54 Å². The van der Waals surface area contributed by atoms with E-state index in [1.54, 1.807) is 0 Å². The number of nitrogens with zero attached hydrogens (tertiary/aromatic N) is 1. The van der Waals surface area contributed by atoms with Crippen molar-refractivity contribution in [3.05, 3.63) is 60.7 Å². The molecule has 2 N–H and O–H groups in total. The number of amides is 2. The molecule has 0 unspecified atom stereocenters. The third kappa shape index (κ3) is 4.83. The molecule has 0 atom stereocenters. The fourth-order valence-corrected chi connectivity index (χ4v) is 3.00. The molecule has 2 aromatic rings. The molecule has 1 aliphatic heterocycles. The van der Waals surface area contributed by atoms with E-state index in [0.29, 0.717) is 25.9 Å². The molecule has 1 saturated heterocycles. The molecule has 5 heteroatoms. The van der Waals surface area contributed by atoms with Gasteiger partial charge >= 0.3 is 0 Å². The monoisotopic (exact) mass is 337 g/mol. The van der Waals surface area contributed by atoms with E-state index in [0.717, 1.165) is 11.4 Å². The lowest BCUT2D eigenvalue weighted by Crippen LogP contribution is -2.43. The number of likely N-dealkylation sites (tertiary alicyclic amines) is 1. The molecular weight excluding hydrogens is 314 g/mol. The number of carbonyl (C=O) groups is 2. The van der Waals surface area contributed by atoms with Gasteiger partial charge in [0.2, 0.25) is 11.8 Å². The highest BCUT2D eigenvalue weighted by Gasteiger charge is 2.27. The van der Waals surface area contributed by atoms with E-state index in [-0.39, 0.29) is 24.3 Å². The van der Waals surface area contributed by atoms with Crippen LogP contribution in [0.15, 0.2) is 60.7 Å². The van der Waals surface area contributed by atoms with E-state index in [4.69, 9.17) is 0 Å². The molecule has 2 amide bonds. The van der Waals surface area contributed by atoms with Gasteiger partial charge < -0.3 is 15.5 Å². The predicted octanol–water partition coefficient (Wildman–Crippen LogP) is 2.98. The summed E-state index contributed by atoms with van der Waals surface area (Å²) in [5.41, 5.74) is 1.76. The lowest BCUT2D eigenvalue weighted by Gasteiger charge is -2.31. The van der Waals surface area contributed by atoms with Gasteiger partial charge in [0.15, 0.2) is 0 Å². The van der Waals surface area contributed by atoms with Crippen molar-refractivity contribution < 1.29 is 9.59 Å². The Labute approximate surface area is 148 Å². The van der Waals surface area contributed by atoms with Crippen molar-refractivity contribution in [2.24, 2.45) is 5.92 Å². The molecule has 1 heterocycles. The molecule has 0 bridgehead atoms. The molecule has 130 valence electrons. The highest BCUT2D eigenvalue weighted by Crippen LogP contribution is 2.19. The van der Waals surface area contributed by atoms with Crippen LogP contribution >= 0.6 is 0 Å². The summed E-state index contributed by atoms with van der Waals surface area (Å²) in [5.74, 6) is 0.0813. The van der Waals surface area contributed by atoms with Crippen molar-refractivity contribution in [1.29, 1.82) is 0 Å². The second-order valence-electron chi connectivity index (χ2n) is 6.23. The topological polar surface area (TPSA) is 61.4 Å². The molecule has 5 nitrogen and oxygen atoms in total. The van der Waals surface area contributed by atoms with Crippen LogP contribution in [0, 0.1) is 5.92 Å². The Bertz CT molecular complexity index is 695. The zero-order valence-corrected chi connectivity index (χ0v) is 14.2. The highest BCUT2D eigenvalue weighted by molar-refractivity contribution is 5.92. The summed E-state index contributed by atoms with van der Waals surface area (Å²) in [5, 5.41) is 6.09. The molecule has 1 aliphatic rings. The molecule has 0 radical (unpaired) electrons. The maximum atomic E-state index is 12.3. The zero-order valence-electron chi connectivity index (χ0n) is 14.2. The maximum absolute atomic E-state index is 12.3. The minimum absolute atomic E-state index is 0.0358. The highest BCUT2D eigenvalue weighted by atomic mass is 16.2. The molecule has 0 aliphatic carbocycles. The van der Waals surface area contributed by atoms with Crippen LogP contribution in [0.25, 0.3) is 0 Å². The Morgan fingerprint density at radius 3 is 2.04 bits per heavy atom.